The Kier molecular flexibility index (Phi) is 26.4. The Morgan fingerprint density at radius 1 is 0.621 bits per heavy atom. The number of nitrogens with two attached hydrogens (primary N) is 2. The first-order valence-electron chi connectivity index (χ1n) is 19.4. The van der Waals surface area contributed by atoms with Crippen LogP contribution < -0.4 is 22.1 Å². The molecule has 351 valence electrons. The van der Waals surface area contributed by atoms with Crippen molar-refractivity contribution in [1.82, 2.24) is 19.9 Å². The van der Waals surface area contributed by atoms with E-state index < -0.39 is 32.4 Å². The van der Waals surface area contributed by atoms with Gasteiger partial charge in [0.15, 0.2) is 0 Å². The number of halogens is 2. The molecule has 2 aromatic carbocycles. The topological polar surface area (TPSA) is 235 Å². The van der Waals surface area contributed by atoms with Gasteiger partial charge in [-0.25, -0.2) is 37.9 Å². The predicted octanol–water partition coefficient (Wildman–Crippen LogP) is 10.6. The molecule has 0 aliphatic carbocycles. The molecule has 15 nitrogen and oxygen atoms in total. The van der Waals surface area contributed by atoms with Crippen LogP contribution in [0.4, 0.5) is 32.9 Å². The number of ether oxygens (including phenoxy) is 2. The maximum atomic E-state index is 11.7. The van der Waals surface area contributed by atoms with E-state index in [9.17, 15) is 18.0 Å². The second-order valence-electron chi connectivity index (χ2n) is 14.8. The highest BCUT2D eigenvalue weighted by Crippen LogP contribution is 2.25. The van der Waals surface area contributed by atoms with Gasteiger partial charge < -0.3 is 26.0 Å². The summed E-state index contributed by atoms with van der Waals surface area (Å²) < 4.78 is 32.4. The van der Waals surface area contributed by atoms with Gasteiger partial charge in [-0.3, -0.25) is 10.6 Å². The summed E-state index contributed by atoms with van der Waals surface area (Å²) in [4.78, 5) is 40.8. The van der Waals surface area contributed by atoms with Crippen LogP contribution in [0.15, 0.2) is 149 Å². The molecule has 0 saturated carbocycles. The summed E-state index contributed by atoms with van der Waals surface area (Å²) in [5.74, 6) is 3.41. The highest BCUT2D eigenvalue weighted by molar-refractivity contribution is 8.13. The SMILES string of the molecule is CC(C)(C)OC(=O)Nc1cc(S(=O)(=O)Cl)ccn1.CC(C)(C)OC(=O)Nc1cc(SCc2ccccc2)ccn1.CO.Nc1cc(Cl)ccn1.Nc1cc(SCc2ccccc2)ccn1.[B]. The fraction of sp³-hybridized carbons (Fsp3) is 0.244. The highest BCUT2D eigenvalue weighted by Gasteiger charge is 2.18. The van der Waals surface area contributed by atoms with Crippen molar-refractivity contribution in [3.63, 3.8) is 0 Å². The number of aliphatic hydroxyl groups excluding tert-OH is 1. The second kappa shape index (κ2) is 29.9. The fourth-order valence-electron chi connectivity index (χ4n) is 4.44. The molecule has 0 aliphatic rings. The van der Waals surface area contributed by atoms with Gasteiger partial charge in [0.25, 0.3) is 9.05 Å². The predicted molar refractivity (Wildman–Crippen MR) is 269 cm³/mol. The summed E-state index contributed by atoms with van der Waals surface area (Å²) in [6.45, 7) is 10.6. The van der Waals surface area contributed by atoms with E-state index in [0.717, 1.165) is 34.5 Å². The largest absolute Gasteiger partial charge is 0.444 e. The lowest BCUT2D eigenvalue weighted by Crippen LogP contribution is -2.27. The Bertz CT molecular complexity index is 2460. The fourth-order valence-corrected chi connectivity index (χ4v) is 7.13. The van der Waals surface area contributed by atoms with Crippen LogP contribution in [0.25, 0.3) is 0 Å². The molecule has 0 spiro atoms. The monoisotopic (exact) mass is 995 g/mol. The number of hydrogen-bond donors (Lipinski definition) is 5. The first kappa shape index (κ1) is 58.5. The molecule has 4 heterocycles. The van der Waals surface area contributed by atoms with Gasteiger partial charge in [-0.15, -0.1) is 23.5 Å². The zero-order valence-electron chi connectivity index (χ0n) is 37.5. The lowest BCUT2D eigenvalue weighted by molar-refractivity contribution is 0.0624. The molecule has 0 bridgehead atoms. The number of aliphatic hydroxyl groups is 1. The number of pyridine rings is 4. The number of hydrogen-bond acceptors (Lipinski definition) is 15. The lowest BCUT2D eigenvalue weighted by atomic mass is 10.2. The van der Waals surface area contributed by atoms with Gasteiger partial charge in [-0.05, 0) is 95.1 Å². The van der Waals surface area contributed by atoms with Gasteiger partial charge in [0.05, 0.1) is 4.90 Å². The molecule has 0 saturated heterocycles. The van der Waals surface area contributed by atoms with Crippen molar-refractivity contribution in [2.45, 2.75) is 78.9 Å². The number of nitrogens with zero attached hydrogens (tertiary/aromatic N) is 4. The molecule has 0 unspecified atom stereocenters. The average Bonchev–Trinajstić information content (AvgIpc) is 3.23. The Balaban J connectivity index is 0.000000450. The molecule has 0 aliphatic heterocycles. The third kappa shape index (κ3) is 27.0. The number of anilines is 4. The van der Waals surface area contributed by atoms with E-state index in [1.165, 1.54) is 23.4 Å². The van der Waals surface area contributed by atoms with Gasteiger partial charge in [0.2, 0.25) is 0 Å². The lowest BCUT2D eigenvalue weighted by Gasteiger charge is -2.19. The number of carbonyl (C=O) groups is 2. The van der Waals surface area contributed by atoms with E-state index in [1.807, 2.05) is 69.3 Å². The summed E-state index contributed by atoms with van der Waals surface area (Å²) in [6, 6.07) is 33.9. The van der Waals surface area contributed by atoms with Crippen LogP contribution in [-0.2, 0) is 30.0 Å². The van der Waals surface area contributed by atoms with E-state index >= 15 is 0 Å². The Morgan fingerprint density at radius 2 is 1.02 bits per heavy atom. The molecule has 0 atom stereocenters. The molecule has 21 heteroatoms. The van der Waals surface area contributed by atoms with Gasteiger partial charge in [-0.1, -0.05) is 72.3 Å². The zero-order chi connectivity index (χ0) is 48.5. The zero-order valence-corrected chi connectivity index (χ0v) is 41.5. The normalized spacial score (nSPS) is 10.5. The molecule has 3 radical (unpaired) electrons. The first-order valence-corrected chi connectivity index (χ1v) is 24.0. The molecule has 7 N–H and O–H groups in total. The summed E-state index contributed by atoms with van der Waals surface area (Å²) in [5, 5.41) is 12.6. The minimum atomic E-state index is -3.86. The number of aromatic nitrogens is 4. The number of nitrogens with one attached hydrogen (secondary N) is 2. The molecule has 2 amide bonds. The van der Waals surface area contributed by atoms with Crippen LogP contribution in [0.2, 0.25) is 5.02 Å². The molecular formula is C45H54BCl2N8O7S3. The number of benzene rings is 2. The molecule has 66 heavy (non-hydrogen) atoms. The van der Waals surface area contributed by atoms with Crippen molar-refractivity contribution in [3.05, 3.63) is 150 Å². The minimum absolute atomic E-state index is 0. The summed E-state index contributed by atoms with van der Waals surface area (Å²) >= 11 is 8.99. The molecular weight excluding hydrogens is 942 g/mol. The third-order valence-electron chi connectivity index (χ3n) is 6.99. The number of amides is 2. The number of rotatable bonds is 9. The van der Waals surface area contributed by atoms with Crippen molar-refractivity contribution in [1.29, 1.82) is 0 Å². The van der Waals surface area contributed by atoms with E-state index in [0.29, 0.717) is 22.5 Å². The van der Waals surface area contributed by atoms with E-state index in [1.54, 1.807) is 75.0 Å². The van der Waals surface area contributed by atoms with Gasteiger partial charge in [0, 0.05) is 83.4 Å². The summed E-state index contributed by atoms with van der Waals surface area (Å²) in [7, 11) is 2.32. The quantitative estimate of drug-likeness (QED) is 0.0515. The van der Waals surface area contributed by atoms with Crippen molar-refractivity contribution in [2.75, 3.05) is 29.2 Å². The van der Waals surface area contributed by atoms with Gasteiger partial charge in [0.1, 0.15) is 34.5 Å². The van der Waals surface area contributed by atoms with Crippen LogP contribution >= 0.6 is 45.8 Å². The van der Waals surface area contributed by atoms with Crippen molar-refractivity contribution >= 4 is 98.7 Å². The molecule has 0 fully saturated rings. The van der Waals surface area contributed by atoms with E-state index in [2.05, 4.69) is 67.0 Å². The van der Waals surface area contributed by atoms with E-state index in [-0.39, 0.29) is 19.1 Å². The van der Waals surface area contributed by atoms with Crippen molar-refractivity contribution < 1.29 is 32.6 Å². The van der Waals surface area contributed by atoms with Crippen LogP contribution in [-0.4, -0.2) is 72.4 Å². The van der Waals surface area contributed by atoms with Crippen LogP contribution in [0.1, 0.15) is 52.7 Å². The second-order valence-corrected chi connectivity index (χ2v) is 19.9. The Hall–Kier alpha value is -5.57. The maximum absolute atomic E-state index is 11.7. The van der Waals surface area contributed by atoms with Crippen LogP contribution in [0.5, 0.6) is 0 Å². The average molecular weight is 997 g/mol. The van der Waals surface area contributed by atoms with Gasteiger partial charge >= 0.3 is 12.2 Å². The maximum Gasteiger partial charge on any atom is 0.413 e. The molecule has 6 rings (SSSR count). The smallest absolute Gasteiger partial charge is 0.413 e. The molecule has 4 aromatic heterocycles. The summed E-state index contributed by atoms with van der Waals surface area (Å²) in [6.07, 6.45) is 4.99. The number of carbonyl (C=O) groups excluding carboxylic acids is 2. The standard InChI is InChI=1S/C17H20N2O2S.C12H12N2S.C10H13ClN2O4S.C5H5ClN2.CH4O.B/c1-17(2,3)21-16(20)19-15-11-14(9-10-18-15)22-12-13-7-5-4-6-8-13;13-12-8-11(6-7-14-12)15-9-10-4-2-1-3-5-10;1-10(2,3)17-9(14)13-8-6-7(4-5-12-8)18(11,15)16;6-4-1-2-8-5(7)3-4;1-2;/h4-11H,12H2,1-3H3,(H,18,19,20);1-8H,9H2,(H2,13,14);4-6H,1-3H3,(H,12,13,14);1-3H,(H2,7,8);2H,1H3;. The number of nitrogen functional groups attached to an aromatic ring is 2. The third-order valence-corrected chi connectivity index (χ3v) is 10.7. The summed E-state index contributed by atoms with van der Waals surface area (Å²) in [5.41, 5.74) is 12.3. The first-order chi connectivity index (χ1) is 30.6. The van der Waals surface area contributed by atoms with Crippen LogP contribution in [0.3, 0.4) is 0 Å². The van der Waals surface area contributed by atoms with Crippen LogP contribution in [0, 0.1) is 0 Å². The Morgan fingerprint density at radius 3 is 1.41 bits per heavy atom. The van der Waals surface area contributed by atoms with Crippen molar-refractivity contribution in [2.24, 2.45) is 0 Å². The highest BCUT2D eigenvalue weighted by atomic mass is 35.7. The molecule has 6 aromatic rings. The minimum Gasteiger partial charge on any atom is -0.444 e. The van der Waals surface area contributed by atoms with E-state index in [4.69, 9.17) is 48.3 Å². The number of thioether (sulfide) groups is 2. The Labute approximate surface area is 407 Å². The van der Waals surface area contributed by atoms with Crippen molar-refractivity contribution in [3.8, 4) is 0 Å². The van der Waals surface area contributed by atoms with Gasteiger partial charge in [-0.2, -0.15) is 0 Å².